The lowest BCUT2D eigenvalue weighted by Crippen LogP contribution is -1.89. The summed E-state index contributed by atoms with van der Waals surface area (Å²) in [5.74, 6) is 0. The molecular weight excluding hydrogens is 232 g/mol. The minimum Gasteiger partial charge on any atom is -0.329 e. The molecule has 4 nitrogen and oxygen atoms in total. The van der Waals surface area contributed by atoms with E-state index in [0.29, 0.717) is 0 Å². The zero-order chi connectivity index (χ0) is 11.8. The largest absolute Gasteiger partial charge is 0.329 e. The van der Waals surface area contributed by atoms with Crippen LogP contribution in [0.25, 0.3) is 10.2 Å². The van der Waals surface area contributed by atoms with Crippen LogP contribution >= 0.6 is 11.3 Å². The van der Waals surface area contributed by atoms with E-state index in [1.165, 1.54) is 4.70 Å². The first-order valence-electron chi connectivity index (χ1n) is 5.35. The maximum atomic E-state index is 4.53. The number of fused-ring (bicyclic) bond motifs is 1. The summed E-state index contributed by atoms with van der Waals surface area (Å²) in [5, 5.41) is 8.50. The van der Waals surface area contributed by atoms with E-state index in [4.69, 9.17) is 0 Å². The highest BCUT2D eigenvalue weighted by Gasteiger charge is 2.07. The van der Waals surface area contributed by atoms with Crippen LogP contribution in [0.1, 0.15) is 5.69 Å². The molecule has 0 atom stereocenters. The molecule has 3 aromatic rings. The molecule has 3 rings (SSSR count). The summed E-state index contributed by atoms with van der Waals surface area (Å²) < 4.78 is 2.99. The minimum absolute atomic E-state index is 0.905. The number of hydrogen-bond acceptors (Lipinski definition) is 4. The molecule has 1 aromatic carbocycles. The first-order chi connectivity index (χ1) is 8.22. The lowest BCUT2D eigenvalue weighted by atomic mass is 10.3. The van der Waals surface area contributed by atoms with Gasteiger partial charge in [0, 0.05) is 13.2 Å². The lowest BCUT2D eigenvalue weighted by Gasteiger charge is -1.97. The molecular formula is C12H12N4S. The number of thiazole rings is 1. The van der Waals surface area contributed by atoms with Gasteiger partial charge in [0.05, 0.1) is 21.6 Å². The third-order valence-electron chi connectivity index (χ3n) is 2.55. The van der Waals surface area contributed by atoms with E-state index < -0.39 is 0 Å². The fraction of sp³-hybridized carbons (Fsp3) is 0.167. The molecule has 0 aliphatic carbocycles. The van der Waals surface area contributed by atoms with Gasteiger partial charge in [-0.25, -0.2) is 4.98 Å². The third kappa shape index (κ3) is 1.89. The Bertz CT molecular complexity index is 635. The topological polar surface area (TPSA) is 42.7 Å². The molecule has 0 amide bonds. The van der Waals surface area contributed by atoms with Crippen LogP contribution in [-0.4, -0.2) is 14.8 Å². The molecule has 5 heteroatoms. The van der Waals surface area contributed by atoms with Gasteiger partial charge in [-0.1, -0.05) is 23.5 Å². The number of anilines is 2. The smallest absolute Gasteiger partial charge is 0.188 e. The SMILES string of the molecule is Cc1nn(C)cc1Nc1nc2ccccc2s1. The molecule has 0 radical (unpaired) electrons. The lowest BCUT2D eigenvalue weighted by molar-refractivity contribution is 0.756. The van der Waals surface area contributed by atoms with Gasteiger partial charge in [-0.05, 0) is 19.1 Å². The highest BCUT2D eigenvalue weighted by atomic mass is 32.1. The van der Waals surface area contributed by atoms with E-state index in [1.54, 1.807) is 16.0 Å². The van der Waals surface area contributed by atoms with Crippen molar-refractivity contribution < 1.29 is 0 Å². The summed E-state index contributed by atoms with van der Waals surface area (Å²) in [5.41, 5.74) is 3.01. The Morgan fingerprint density at radius 3 is 2.82 bits per heavy atom. The van der Waals surface area contributed by atoms with Crippen LogP contribution in [0.2, 0.25) is 0 Å². The highest BCUT2D eigenvalue weighted by Crippen LogP contribution is 2.28. The van der Waals surface area contributed by atoms with Crippen molar-refractivity contribution in [1.82, 2.24) is 14.8 Å². The fourth-order valence-corrected chi connectivity index (χ4v) is 2.64. The van der Waals surface area contributed by atoms with E-state index in [1.807, 2.05) is 38.4 Å². The van der Waals surface area contributed by atoms with Crippen LogP contribution in [0, 0.1) is 6.92 Å². The van der Waals surface area contributed by atoms with Crippen molar-refractivity contribution in [2.45, 2.75) is 6.92 Å². The van der Waals surface area contributed by atoms with Gasteiger partial charge in [-0.2, -0.15) is 5.10 Å². The van der Waals surface area contributed by atoms with Crippen molar-refractivity contribution in [3.63, 3.8) is 0 Å². The number of benzene rings is 1. The predicted octanol–water partition coefficient (Wildman–Crippen LogP) is 3.08. The van der Waals surface area contributed by atoms with Crippen molar-refractivity contribution in [1.29, 1.82) is 0 Å². The summed E-state index contributed by atoms with van der Waals surface area (Å²) >= 11 is 1.65. The van der Waals surface area contributed by atoms with Crippen LogP contribution in [0.3, 0.4) is 0 Å². The maximum absolute atomic E-state index is 4.53. The molecule has 0 unspecified atom stereocenters. The Labute approximate surface area is 103 Å². The predicted molar refractivity (Wildman–Crippen MR) is 70.8 cm³/mol. The molecule has 0 aliphatic rings. The molecule has 0 bridgehead atoms. The van der Waals surface area contributed by atoms with Gasteiger partial charge in [0.25, 0.3) is 0 Å². The number of rotatable bonds is 2. The van der Waals surface area contributed by atoms with Crippen molar-refractivity contribution in [3.8, 4) is 0 Å². The molecule has 0 fully saturated rings. The Balaban J connectivity index is 1.97. The highest BCUT2D eigenvalue weighted by molar-refractivity contribution is 7.22. The van der Waals surface area contributed by atoms with Crippen LogP contribution in [0.4, 0.5) is 10.8 Å². The number of aromatic nitrogens is 3. The van der Waals surface area contributed by atoms with Crippen molar-refractivity contribution in [2.24, 2.45) is 7.05 Å². The summed E-state index contributed by atoms with van der Waals surface area (Å²) in [4.78, 5) is 4.53. The quantitative estimate of drug-likeness (QED) is 0.753. The van der Waals surface area contributed by atoms with E-state index in [9.17, 15) is 0 Å². The van der Waals surface area contributed by atoms with Crippen molar-refractivity contribution in [2.75, 3.05) is 5.32 Å². The maximum Gasteiger partial charge on any atom is 0.188 e. The van der Waals surface area contributed by atoms with Gasteiger partial charge in [-0.15, -0.1) is 0 Å². The average Bonchev–Trinajstić information content (AvgIpc) is 2.82. The normalized spacial score (nSPS) is 10.9. The van der Waals surface area contributed by atoms with E-state index in [0.717, 1.165) is 22.0 Å². The molecule has 0 saturated carbocycles. The molecule has 2 heterocycles. The average molecular weight is 244 g/mol. The second-order valence-electron chi connectivity index (χ2n) is 3.91. The number of para-hydroxylation sites is 1. The van der Waals surface area contributed by atoms with Gasteiger partial charge in [0.1, 0.15) is 0 Å². The second-order valence-corrected chi connectivity index (χ2v) is 4.94. The number of nitrogens with one attached hydrogen (secondary N) is 1. The Morgan fingerprint density at radius 2 is 2.12 bits per heavy atom. The van der Waals surface area contributed by atoms with Crippen LogP contribution in [0.15, 0.2) is 30.5 Å². The van der Waals surface area contributed by atoms with Crippen LogP contribution < -0.4 is 5.32 Å². The van der Waals surface area contributed by atoms with Gasteiger partial charge >= 0.3 is 0 Å². The molecule has 1 N–H and O–H groups in total. The second kappa shape index (κ2) is 3.85. The first kappa shape index (κ1) is 10.3. The van der Waals surface area contributed by atoms with E-state index in [-0.39, 0.29) is 0 Å². The summed E-state index contributed by atoms with van der Waals surface area (Å²) in [7, 11) is 1.91. The summed E-state index contributed by atoms with van der Waals surface area (Å²) in [6.07, 6.45) is 1.96. The number of nitrogens with zero attached hydrogens (tertiary/aromatic N) is 3. The van der Waals surface area contributed by atoms with Gasteiger partial charge in [0.2, 0.25) is 0 Å². The zero-order valence-corrected chi connectivity index (χ0v) is 10.5. The monoisotopic (exact) mass is 244 g/mol. The van der Waals surface area contributed by atoms with Crippen LogP contribution in [0.5, 0.6) is 0 Å². The Kier molecular flexibility index (Phi) is 2.33. The summed E-state index contributed by atoms with van der Waals surface area (Å²) in [6.45, 7) is 1.98. The fourth-order valence-electron chi connectivity index (χ4n) is 1.76. The van der Waals surface area contributed by atoms with Crippen LogP contribution in [-0.2, 0) is 7.05 Å². The van der Waals surface area contributed by atoms with Gasteiger partial charge < -0.3 is 5.32 Å². The number of hydrogen-bond donors (Lipinski definition) is 1. The Morgan fingerprint density at radius 1 is 1.29 bits per heavy atom. The molecule has 0 spiro atoms. The molecule has 2 aromatic heterocycles. The van der Waals surface area contributed by atoms with Crippen molar-refractivity contribution in [3.05, 3.63) is 36.2 Å². The molecule has 0 saturated heterocycles. The van der Waals surface area contributed by atoms with Gasteiger partial charge in [0.15, 0.2) is 5.13 Å². The van der Waals surface area contributed by atoms with E-state index in [2.05, 4.69) is 21.5 Å². The molecule has 0 aliphatic heterocycles. The third-order valence-corrected chi connectivity index (χ3v) is 3.50. The first-order valence-corrected chi connectivity index (χ1v) is 6.17. The zero-order valence-electron chi connectivity index (χ0n) is 9.64. The van der Waals surface area contributed by atoms with Gasteiger partial charge in [-0.3, -0.25) is 4.68 Å². The summed E-state index contributed by atoms with van der Waals surface area (Å²) in [6, 6.07) is 8.13. The standard InChI is InChI=1S/C12H12N4S/c1-8-10(7-16(2)15-8)14-12-13-9-5-3-4-6-11(9)17-12/h3-7H,1-2H3,(H,13,14). The molecule has 86 valence electrons. The van der Waals surface area contributed by atoms with E-state index >= 15 is 0 Å². The minimum atomic E-state index is 0.905. The Hall–Kier alpha value is -1.88. The van der Waals surface area contributed by atoms with Crippen molar-refractivity contribution >= 4 is 32.4 Å². The number of aryl methyl sites for hydroxylation is 2. The molecule has 17 heavy (non-hydrogen) atoms.